The Balaban J connectivity index is 0.00000627. The van der Waals surface area contributed by atoms with Crippen molar-refractivity contribution in [2.45, 2.75) is 26.2 Å². The Kier molecular flexibility index (Phi) is 6.92. The van der Waals surface area contributed by atoms with E-state index in [4.69, 9.17) is 26.8 Å². The first kappa shape index (κ1) is 31.7. The molecule has 0 spiro atoms. The molecule has 7 nitrogen and oxygen atoms in total. The quantitative estimate of drug-likeness (QED) is 0.130. The van der Waals surface area contributed by atoms with Gasteiger partial charge in [-0.3, -0.25) is 4.57 Å². The molecule has 72 heavy (non-hydrogen) atoms. The van der Waals surface area contributed by atoms with Gasteiger partial charge in [-0.05, 0) is 97.8 Å². The summed E-state index contributed by atoms with van der Waals surface area (Å²) in [6.07, 6.45) is 5.37. The predicted octanol–water partition coefficient (Wildman–Crippen LogP) is 16.0. The molecule has 0 saturated heterocycles. The Morgan fingerprint density at radius 3 is 2.06 bits per heavy atom. The summed E-state index contributed by atoms with van der Waals surface area (Å²) in [5, 5.41) is 1.68. The van der Waals surface area contributed by atoms with Crippen LogP contribution in [0.1, 0.15) is 42.8 Å². The van der Waals surface area contributed by atoms with E-state index in [0.717, 1.165) is 33.2 Å². The number of pyridine rings is 1. The zero-order valence-electron chi connectivity index (χ0n) is 50.3. The van der Waals surface area contributed by atoms with Crippen LogP contribution in [0.25, 0.3) is 127 Å². The third-order valence-electron chi connectivity index (χ3n) is 13.5. The maximum atomic E-state index is 10.2. The predicted molar refractivity (Wildman–Crippen MR) is 283 cm³/mol. The summed E-state index contributed by atoms with van der Waals surface area (Å²) in [5.41, 5.74) is 4.52. The van der Waals surface area contributed by atoms with E-state index in [1.807, 2.05) is 72.9 Å². The van der Waals surface area contributed by atoms with E-state index in [1.54, 1.807) is 33.4 Å². The topological polar surface area (TPSA) is 62.1 Å². The fourth-order valence-electron chi connectivity index (χ4n) is 10.3. The van der Waals surface area contributed by atoms with Crippen LogP contribution in [-0.2, 0) is 26.5 Å². The van der Waals surface area contributed by atoms with Gasteiger partial charge in [-0.2, -0.15) is 18.2 Å². The van der Waals surface area contributed by atoms with E-state index < -0.39 is 66.5 Å². The van der Waals surface area contributed by atoms with E-state index in [0.29, 0.717) is 44.9 Å². The molecule has 346 valence electrons. The third kappa shape index (κ3) is 6.20. The molecule has 0 amide bonds. The molecule has 15 rings (SSSR count). The van der Waals surface area contributed by atoms with E-state index in [2.05, 4.69) is 62.0 Å². The van der Waals surface area contributed by atoms with E-state index in [-0.39, 0.29) is 98.8 Å². The Bertz CT molecular complexity index is 5290. The first-order valence-electron chi connectivity index (χ1n) is 29.0. The van der Waals surface area contributed by atoms with Crippen LogP contribution in [0.5, 0.6) is 11.5 Å². The second-order valence-corrected chi connectivity index (χ2v) is 18.6. The number of furan rings is 2. The number of rotatable bonds is 4. The number of aromatic nitrogens is 4. The molecule has 0 atom stereocenters. The van der Waals surface area contributed by atoms with E-state index >= 15 is 0 Å². The molecule has 5 aromatic heterocycles. The van der Waals surface area contributed by atoms with Crippen molar-refractivity contribution in [3.05, 3.63) is 212 Å². The molecule has 0 unspecified atom stereocenters. The van der Waals surface area contributed by atoms with Gasteiger partial charge in [0.2, 0.25) is 0 Å². The molecule has 1 aliphatic heterocycles. The molecule has 0 aliphatic carbocycles. The zero-order chi connectivity index (χ0) is 57.6. The minimum atomic E-state index is -0.596. The van der Waals surface area contributed by atoms with Crippen LogP contribution >= 0.6 is 0 Å². The van der Waals surface area contributed by atoms with Gasteiger partial charge in [0.05, 0.1) is 33.2 Å². The van der Waals surface area contributed by atoms with Crippen molar-refractivity contribution in [2.75, 3.05) is 0 Å². The molecule has 9 aromatic carbocycles. The smallest absolute Gasteiger partial charge is 0.268 e. The van der Waals surface area contributed by atoms with Gasteiger partial charge in [-0.1, -0.05) is 135 Å². The molecule has 0 bridgehead atoms. The van der Waals surface area contributed by atoms with Crippen molar-refractivity contribution >= 4 is 76.7 Å². The average molecular weight is 1120 g/mol. The number of hydrogen-bond donors (Lipinski definition) is 0. The summed E-state index contributed by atoms with van der Waals surface area (Å²) in [4.78, 5) is 4.83. The Morgan fingerprint density at radius 2 is 1.25 bits per heavy atom. The van der Waals surface area contributed by atoms with Crippen molar-refractivity contribution in [1.82, 2.24) is 14.1 Å². The SMILES string of the molecule is [2H]c1c([2H])c([2H])c2c(oc3c([2H])c([2H])c4c(c32)-c2c([2H])c([2H])c3oc5c([2H])c([2H])c([2H])c([2H])c5c3c2-[n+]2[c-]n(-c3[c-]c(Oc5[c-]c6c(cc5)c5ccccc5n6-c5cc(C(C)(C)C)ccn5)ccc3)c3cccc(c32)-c2ccccc2-4)c1[2H].[Pt]. The normalized spacial score (nSPS) is 14.6. The number of ether oxygens (including phenoxy) is 1. The Morgan fingerprint density at radius 1 is 0.583 bits per heavy atom. The molecule has 0 fully saturated rings. The minimum absolute atomic E-state index is 0. The summed E-state index contributed by atoms with van der Waals surface area (Å²) < 4.78 is 136. The second-order valence-electron chi connectivity index (χ2n) is 18.6. The summed E-state index contributed by atoms with van der Waals surface area (Å²) in [5.74, 6) is 1.44. The maximum absolute atomic E-state index is 10.2. The number of para-hydroxylation sites is 4. The average Bonchev–Trinajstić information content (AvgIpc) is 1.50. The van der Waals surface area contributed by atoms with Crippen LogP contribution in [0.2, 0.25) is 0 Å². The molecule has 1 aliphatic rings. The van der Waals surface area contributed by atoms with E-state index in [9.17, 15) is 8.22 Å². The number of benzene rings is 9. The van der Waals surface area contributed by atoms with Gasteiger partial charge in [0.15, 0.2) is 0 Å². The molecule has 0 N–H and O–H groups in total. The summed E-state index contributed by atoms with van der Waals surface area (Å²) in [6.45, 7) is 6.48. The fraction of sp³-hybridized carbons (Fsp3) is 0.0625. The fourth-order valence-corrected chi connectivity index (χ4v) is 10.3. The van der Waals surface area contributed by atoms with Crippen LogP contribution < -0.4 is 9.30 Å². The first-order valence-corrected chi connectivity index (χ1v) is 23.0. The number of fused-ring (bicyclic) bond motifs is 18. The molecule has 6 heterocycles. The molecule has 8 heteroatoms. The monoisotopic (exact) mass is 1120 g/mol. The van der Waals surface area contributed by atoms with Crippen LogP contribution in [0, 0.1) is 18.5 Å². The van der Waals surface area contributed by atoms with Gasteiger partial charge in [-0.15, -0.1) is 29.7 Å². The van der Waals surface area contributed by atoms with Gasteiger partial charge in [0.1, 0.15) is 28.1 Å². The number of hydrogen-bond acceptors (Lipinski definition) is 4. The zero-order valence-corrected chi connectivity index (χ0v) is 40.6. The summed E-state index contributed by atoms with van der Waals surface area (Å²) >= 11 is 0. The number of imidazole rings is 1. The van der Waals surface area contributed by atoms with Gasteiger partial charge >= 0.3 is 0 Å². The molecule has 0 radical (unpaired) electrons. The largest absolute Gasteiger partial charge is 0.510 e. The van der Waals surface area contributed by atoms with Crippen LogP contribution in [-0.4, -0.2) is 14.1 Å². The molecule has 14 aromatic rings. The van der Waals surface area contributed by atoms with Crippen molar-refractivity contribution in [3.63, 3.8) is 0 Å². The standard InChI is InChI=1S/C64H40N4O3.Pt/c1-64(2,3)38-32-33-65-58(34-38)68-51-22-9-6-18-44(51)45-27-26-41(36-53(45)68)69-40-15-12-14-39(35-40)66-37-67-62-47(21-13-23-52(62)66)43-17-5-4-16-42(43)46-28-30-56-60(48-19-7-10-24-54(48)70-56)59(46)50-29-31-57-61(63(50)67)49-20-8-11-25-55(49)71-57;/h4-34H,1-3H3;/q-2;/i7D,8D,10D,11D,19D,20D,24D,25D,28D,29D,30D,31D;. The molecule has 0 saturated carbocycles. The maximum Gasteiger partial charge on any atom is 0.268 e. The Labute approximate surface area is 444 Å². The van der Waals surface area contributed by atoms with Gasteiger partial charge in [0.25, 0.3) is 6.33 Å². The van der Waals surface area contributed by atoms with Crippen molar-refractivity contribution in [1.29, 1.82) is 0 Å². The van der Waals surface area contributed by atoms with Gasteiger partial charge < -0.3 is 22.7 Å². The molecular formula is C64H40N4O3Pt-2. The first-order chi connectivity index (χ1) is 39.8. The van der Waals surface area contributed by atoms with Gasteiger partial charge in [-0.25, -0.2) is 4.98 Å². The summed E-state index contributed by atoms with van der Waals surface area (Å²) in [6, 6.07) is 35.0. The minimum Gasteiger partial charge on any atom is -0.510 e. The third-order valence-corrected chi connectivity index (χ3v) is 13.5. The summed E-state index contributed by atoms with van der Waals surface area (Å²) in [7, 11) is 0. The molecular weight excluding hydrogens is 1070 g/mol. The van der Waals surface area contributed by atoms with Crippen LogP contribution in [0.4, 0.5) is 0 Å². The van der Waals surface area contributed by atoms with Gasteiger partial charge in [0, 0.05) is 65.8 Å². The Hall–Kier alpha value is -8.51. The van der Waals surface area contributed by atoms with Crippen molar-refractivity contribution < 1.29 is 55.7 Å². The second kappa shape index (κ2) is 15.7. The number of nitrogens with zero attached hydrogens (tertiary/aromatic N) is 4. The van der Waals surface area contributed by atoms with Crippen LogP contribution in [0.15, 0.2) is 197 Å². The van der Waals surface area contributed by atoms with Crippen LogP contribution in [0.3, 0.4) is 0 Å². The van der Waals surface area contributed by atoms with Crippen molar-refractivity contribution in [2.24, 2.45) is 0 Å². The van der Waals surface area contributed by atoms with Crippen molar-refractivity contribution in [3.8, 4) is 62.1 Å². The van der Waals surface area contributed by atoms with E-state index in [1.165, 1.54) is 0 Å².